The van der Waals surface area contributed by atoms with Crippen LogP contribution in [-0.2, 0) is 47.7 Å². The van der Waals surface area contributed by atoms with Gasteiger partial charge in [0, 0.05) is 32.4 Å². The van der Waals surface area contributed by atoms with Gasteiger partial charge < -0.3 is 49.9 Å². The van der Waals surface area contributed by atoms with Crippen LogP contribution in [0.3, 0.4) is 0 Å². The first-order chi connectivity index (χ1) is 24.6. The van der Waals surface area contributed by atoms with Gasteiger partial charge >= 0.3 is 11.9 Å². The van der Waals surface area contributed by atoms with Crippen LogP contribution in [-0.4, -0.2) is 118 Å². The summed E-state index contributed by atoms with van der Waals surface area (Å²) < 4.78 is 21.2. The third kappa shape index (κ3) is 36.5. The van der Waals surface area contributed by atoms with Gasteiger partial charge in [0.15, 0.2) is 0 Å². The van der Waals surface area contributed by atoms with E-state index in [1.54, 1.807) is 0 Å². The van der Waals surface area contributed by atoms with E-state index in [1.165, 1.54) is 58.3 Å². The third-order valence-corrected chi connectivity index (χ3v) is 7.81. The molecule has 0 aromatic heterocycles. The lowest BCUT2D eigenvalue weighted by Gasteiger charge is -2.14. The molecule has 3 amide bonds. The molecule has 0 aromatic carbocycles. The highest BCUT2D eigenvalue weighted by atomic mass is 16.5. The summed E-state index contributed by atoms with van der Waals surface area (Å²) in [6.45, 7) is 2.99. The zero-order chi connectivity index (χ0) is 37.8. The van der Waals surface area contributed by atoms with E-state index in [9.17, 15) is 28.8 Å². The van der Waals surface area contributed by atoms with E-state index in [-0.39, 0.29) is 83.0 Å². The minimum Gasteiger partial charge on any atom is -0.481 e. The first kappa shape index (κ1) is 47.9. The molecule has 0 bridgehead atoms. The van der Waals surface area contributed by atoms with Gasteiger partial charge in [-0.3, -0.25) is 19.2 Å². The standard InChI is InChI=1S/C36H65N3O12/c1-30(40)18-19-31(36(46)47)39-34(43)29-51-27-25-49-23-21-38-33(42)28-50-26-24-48-22-20-37-32(41)16-14-12-10-8-6-4-2-3-5-7-9-11-13-15-17-35(44)45/h31H,2-29H2,1H3,(H,37,41)(H,38,42)(H,39,43)(H,44,45)(H,46,47)/t31-/m0/s1. The van der Waals surface area contributed by atoms with Gasteiger partial charge in [-0.1, -0.05) is 77.0 Å². The van der Waals surface area contributed by atoms with Crippen LogP contribution in [0.5, 0.6) is 0 Å². The Labute approximate surface area is 303 Å². The van der Waals surface area contributed by atoms with E-state index in [1.807, 2.05) is 0 Å². The normalized spacial score (nSPS) is 11.5. The maximum atomic E-state index is 12.0. The smallest absolute Gasteiger partial charge is 0.326 e. The molecule has 0 heterocycles. The Morgan fingerprint density at radius 2 is 0.902 bits per heavy atom. The fourth-order valence-corrected chi connectivity index (χ4v) is 4.96. The zero-order valence-electron chi connectivity index (χ0n) is 30.9. The highest BCUT2D eigenvalue weighted by Gasteiger charge is 2.20. The van der Waals surface area contributed by atoms with Crippen molar-refractivity contribution in [3.05, 3.63) is 0 Å². The summed E-state index contributed by atoms with van der Waals surface area (Å²) in [5.41, 5.74) is 0. The molecular formula is C36H65N3O12. The van der Waals surface area contributed by atoms with Crippen LogP contribution >= 0.6 is 0 Å². The van der Waals surface area contributed by atoms with Crippen molar-refractivity contribution in [3.63, 3.8) is 0 Å². The van der Waals surface area contributed by atoms with Crippen molar-refractivity contribution in [2.45, 2.75) is 129 Å². The molecule has 15 nitrogen and oxygen atoms in total. The second kappa shape index (κ2) is 35.3. The van der Waals surface area contributed by atoms with E-state index in [2.05, 4.69) is 16.0 Å². The van der Waals surface area contributed by atoms with Crippen molar-refractivity contribution in [2.24, 2.45) is 0 Å². The summed E-state index contributed by atoms with van der Waals surface area (Å²) in [5, 5.41) is 25.5. The van der Waals surface area contributed by atoms with Crippen LogP contribution in [0.15, 0.2) is 0 Å². The number of carboxylic acids is 2. The van der Waals surface area contributed by atoms with E-state index < -0.39 is 23.9 Å². The number of unbranched alkanes of at least 4 members (excludes halogenated alkanes) is 13. The fraction of sp³-hybridized carbons (Fsp3) is 0.833. The quantitative estimate of drug-likeness (QED) is 0.0577. The van der Waals surface area contributed by atoms with Gasteiger partial charge in [-0.15, -0.1) is 0 Å². The average Bonchev–Trinajstić information content (AvgIpc) is 3.08. The highest BCUT2D eigenvalue weighted by Crippen LogP contribution is 2.13. The van der Waals surface area contributed by atoms with Crippen LogP contribution in [0.25, 0.3) is 0 Å². The molecule has 15 heteroatoms. The largest absolute Gasteiger partial charge is 0.481 e. The van der Waals surface area contributed by atoms with Gasteiger partial charge in [0.2, 0.25) is 17.7 Å². The van der Waals surface area contributed by atoms with Crippen molar-refractivity contribution in [1.82, 2.24) is 16.0 Å². The summed E-state index contributed by atoms with van der Waals surface area (Å²) in [5.74, 6) is -2.95. The third-order valence-electron chi connectivity index (χ3n) is 7.81. The Bertz CT molecular complexity index is 950. The first-order valence-electron chi connectivity index (χ1n) is 18.7. The topological polar surface area (TPSA) is 216 Å². The average molecular weight is 732 g/mol. The molecule has 0 rings (SSSR count). The molecule has 0 spiro atoms. The lowest BCUT2D eigenvalue weighted by atomic mass is 10.0. The first-order valence-corrected chi connectivity index (χ1v) is 18.7. The summed E-state index contributed by atoms with van der Waals surface area (Å²) in [6, 6.07) is -1.15. The van der Waals surface area contributed by atoms with E-state index >= 15 is 0 Å². The van der Waals surface area contributed by atoms with Crippen molar-refractivity contribution in [1.29, 1.82) is 0 Å². The van der Waals surface area contributed by atoms with Gasteiger partial charge in [0.05, 0.1) is 39.6 Å². The number of carbonyl (C=O) groups excluding carboxylic acids is 4. The van der Waals surface area contributed by atoms with Crippen LogP contribution in [0.2, 0.25) is 0 Å². The molecule has 1 atom stereocenters. The van der Waals surface area contributed by atoms with E-state index in [0.29, 0.717) is 26.2 Å². The molecule has 0 aromatic rings. The Hall–Kier alpha value is -3.14. The number of amides is 3. The van der Waals surface area contributed by atoms with Crippen LogP contribution < -0.4 is 16.0 Å². The molecule has 0 saturated heterocycles. The summed E-state index contributed by atoms with van der Waals surface area (Å²) in [7, 11) is 0. The summed E-state index contributed by atoms with van der Waals surface area (Å²) >= 11 is 0. The van der Waals surface area contributed by atoms with E-state index in [0.717, 1.165) is 38.5 Å². The number of Topliss-reactive ketones (excluding diaryl/α,β-unsaturated/α-hetero) is 1. The molecule has 5 N–H and O–H groups in total. The number of hydrogen-bond donors (Lipinski definition) is 5. The lowest BCUT2D eigenvalue weighted by Crippen LogP contribution is -2.42. The molecule has 0 aliphatic carbocycles. The minimum atomic E-state index is -1.22. The number of ketones is 1. The van der Waals surface area contributed by atoms with Crippen molar-refractivity contribution >= 4 is 35.4 Å². The monoisotopic (exact) mass is 731 g/mol. The summed E-state index contributed by atoms with van der Waals surface area (Å²) in [6.07, 6.45) is 16.9. The maximum Gasteiger partial charge on any atom is 0.326 e. The van der Waals surface area contributed by atoms with Crippen molar-refractivity contribution in [2.75, 3.05) is 65.9 Å². The van der Waals surface area contributed by atoms with Gasteiger partial charge in [0.1, 0.15) is 25.0 Å². The van der Waals surface area contributed by atoms with Crippen LogP contribution in [0.1, 0.15) is 122 Å². The van der Waals surface area contributed by atoms with E-state index in [4.69, 9.17) is 29.2 Å². The Morgan fingerprint density at radius 1 is 0.490 bits per heavy atom. The molecule has 0 fully saturated rings. The molecule has 0 unspecified atom stereocenters. The number of carbonyl (C=O) groups is 6. The maximum absolute atomic E-state index is 12.0. The molecule has 296 valence electrons. The number of carboxylic acid groups (broad SMARTS) is 2. The van der Waals surface area contributed by atoms with Crippen LogP contribution in [0.4, 0.5) is 0 Å². The Kier molecular flexibility index (Phi) is 33.1. The van der Waals surface area contributed by atoms with Gasteiger partial charge in [0.25, 0.3) is 0 Å². The highest BCUT2D eigenvalue weighted by molar-refractivity contribution is 5.85. The SMILES string of the molecule is CC(=O)CC[C@H](NC(=O)COCCOCCNC(=O)COCCOCCNC(=O)CCCCCCCCCCCCCCCCC(=O)O)C(=O)O. The van der Waals surface area contributed by atoms with Gasteiger partial charge in [-0.2, -0.15) is 0 Å². The summed E-state index contributed by atoms with van der Waals surface area (Å²) in [4.78, 5) is 68.3. The van der Waals surface area contributed by atoms with Crippen molar-refractivity contribution in [3.8, 4) is 0 Å². The fourth-order valence-electron chi connectivity index (χ4n) is 4.96. The van der Waals surface area contributed by atoms with Crippen molar-refractivity contribution < 1.29 is 57.9 Å². The van der Waals surface area contributed by atoms with Gasteiger partial charge in [-0.05, 0) is 26.2 Å². The van der Waals surface area contributed by atoms with Crippen LogP contribution in [0, 0.1) is 0 Å². The number of rotatable bonds is 38. The number of ether oxygens (including phenoxy) is 4. The molecular weight excluding hydrogens is 666 g/mol. The zero-order valence-corrected chi connectivity index (χ0v) is 30.9. The predicted molar refractivity (Wildman–Crippen MR) is 190 cm³/mol. The number of aliphatic carboxylic acids is 2. The van der Waals surface area contributed by atoms with Gasteiger partial charge in [-0.25, -0.2) is 4.79 Å². The molecule has 0 aliphatic heterocycles. The number of nitrogens with one attached hydrogen (secondary N) is 3. The molecule has 51 heavy (non-hydrogen) atoms. The predicted octanol–water partition coefficient (Wildman–Crippen LogP) is 3.55. The molecule has 0 aliphatic rings. The lowest BCUT2D eigenvalue weighted by molar-refractivity contribution is -0.143. The number of hydrogen-bond acceptors (Lipinski definition) is 10. The molecule has 0 radical (unpaired) electrons. The molecule has 0 saturated carbocycles. The minimum absolute atomic E-state index is 0.0124. The Balaban J connectivity index is 3.42. The second-order valence-corrected chi connectivity index (χ2v) is 12.6. The second-order valence-electron chi connectivity index (χ2n) is 12.6. The Morgan fingerprint density at radius 3 is 1.35 bits per heavy atom.